The number of H-pyrrole nitrogens is 1. The van der Waals surface area contributed by atoms with Gasteiger partial charge in [-0.1, -0.05) is 17.4 Å². The zero-order valence-electron chi connectivity index (χ0n) is 7.67. The molecule has 0 radical (unpaired) electrons. The number of halogens is 2. The van der Waals surface area contributed by atoms with Crippen molar-refractivity contribution >= 4 is 23.6 Å². The van der Waals surface area contributed by atoms with Crippen molar-refractivity contribution in [1.82, 2.24) is 10.2 Å². The van der Waals surface area contributed by atoms with Crippen LogP contribution in [0.1, 0.15) is 5.56 Å². The van der Waals surface area contributed by atoms with Crippen LogP contribution in [0.4, 0.5) is 8.78 Å². The van der Waals surface area contributed by atoms with Crippen LogP contribution in [0.3, 0.4) is 0 Å². The summed E-state index contributed by atoms with van der Waals surface area (Å²) in [5, 5.41) is 6.68. The fraction of sp³-hybridized carbons (Fsp3) is 0.111. The summed E-state index contributed by atoms with van der Waals surface area (Å²) in [4.78, 5) is 0. The quantitative estimate of drug-likeness (QED) is 0.778. The monoisotopic (exact) mass is 244 g/mol. The molecule has 2 aromatic rings. The molecule has 0 unspecified atom stereocenters. The standard InChI is InChI=1S/C9H6F2N2S2/c1-4-2-3-5(7(11)6(4)10)8-12-13-9(14)15-8/h2-3H,1H3,(H,13,14). The van der Waals surface area contributed by atoms with Crippen molar-refractivity contribution in [3.63, 3.8) is 0 Å². The van der Waals surface area contributed by atoms with E-state index in [4.69, 9.17) is 12.2 Å². The van der Waals surface area contributed by atoms with Gasteiger partial charge in [-0.25, -0.2) is 8.78 Å². The summed E-state index contributed by atoms with van der Waals surface area (Å²) in [6.07, 6.45) is 0. The summed E-state index contributed by atoms with van der Waals surface area (Å²) in [5.41, 5.74) is 0.408. The van der Waals surface area contributed by atoms with Gasteiger partial charge in [0.1, 0.15) is 5.01 Å². The molecule has 0 fully saturated rings. The first kappa shape index (κ1) is 10.4. The fourth-order valence-corrected chi connectivity index (χ4v) is 2.06. The normalized spacial score (nSPS) is 10.6. The second-order valence-corrected chi connectivity index (χ2v) is 4.64. The number of aromatic nitrogens is 2. The number of hydrogen-bond acceptors (Lipinski definition) is 3. The largest absolute Gasteiger partial charge is 0.258 e. The molecule has 0 bridgehead atoms. The van der Waals surface area contributed by atoms with E-state index in [0.717, 1.165) is 11.3 Å². The van der Waals surface area contributed by atoms with Crippen molar-refractivity contribution < 1.29 is 8.78 Å². The Hall–Kier alpha value is -1.14. The third-order valence-electron chi connectivity index (χ3n) is 1.94. The topological polar surface area (TPSA) is 28.7 Å². The van der Waals surface area contributed by atoms with Gasteiger partial charge in [0.15, 0.2) is 15.6 Å². The van der Waals surface area contributed by atoms with Gasteiger partial charge >= 0.3 is 0 Å². The van der Waals surface area contributed by atoms with E-state index < -0.39 is 11.6 Å². The molecule has 2 nitrogen and oxygen atoms in total. The Bertz CT molecular complexity index is 559. The van der Waals surface area contributed by atoms with Crippen LogP contribution < -0.4 is 0 Å². The Morgan fingerprint density at radius 2 is 2.07 bits per heavy atom. The molecule has 1 aromatic heterocycles. The molecule has 0 aliphatic heterocycles. The Balaban J connectivity index is 2.64. The number of hydrogen-bond donors (Lipinski definition) is 1. The summed E-state index contributed by atoms with van der Waals surface area (Å²) >= 11 is 5.93. The molecule has 15 heavy (non-hydrogen) atoms. The highest BCUT2D eigenvalue weighted by Gasteiger charge is 2.14. The lowest BCUT2D eigenvalue weighted by molar-refractivity contribution is 0.505. The third kappa shape index (κ3) is 1.82. The Morgan fingerprint density at radius 1 is 1.33 bits per heavy atom. The van der Waals surface area contributed by atoms with Gasteiger partial charge in [0, 0.05) is 0 Å². The van der Waals surface area contributed by atoms with Gasteiger partial charge in [-0.15, -0.1) is 0 Å². The fourth-order valence-electron chi connectivity index (χ4n) is 1.16. The van der Waals surface area contributed by atoms with Gasteiger partial charge in [-0.3, -0.25) is 5.10 Å². The van der Waals surface area contributed by atoms with Crippen molar-refractivity contribution in [2.24, 2.45) is 0 Å². The lowest BCUT2D eigenvalue weighted by Crippen LogP contribution is -1.92. The zero-order valence-corrected chi connectivity index (χ0v) is 9.31. The predicted molar refractivity (Wildman–Crippen MR) is 57.4 cm³/mol. The highest BCUT2D eigenvalue weighted by Crippen LogP contribution is 2.27. The van der Waals surface area contributed by atoms with Crippen molar-refractivity contribution in [3.05, 3.63) is 33.3 Å². The summed E-state index contributed by atoms with van der Waals surface area (Å²) in [6.45, 7) is 1.51. The second kappa shape index (κ2) is 3.79. The van der Waals surface area contributed by atoms with Gasteiger partial charge in [-0.2, -0.15) is 5.10 Å². The van der Waals surface area contributed by atoms with E-state index in [1.807, 2.05) is 0 Å². The van der Waals surface area contributed by atoms with E-state index in [1.165, 1.54) is 19.1 Å². The molecular formula is C9H6F2N2S2. The van der Waals surface area contributed by atoms with Crippen LogP contribution in [0, 0.1) is 22.5 Å². The van der Waals surface area contributed by atoms with Gasteiger partial charge in [-0.05, 0) is 30.8 Å². The van der Waals surface area contributed by atoms with Crippen LogP contribution in [-0.4, -0.2) is 10.2 Å². The highest BCUT2D eigenvalue weighted by molar-refractivity contribution is 7.73. The van der Waals surface area contributed by atoms with Crippen molar-refractivity contribution in [2.75, 3.05) is 0 Å². The van der Waals surface area contributed by atoms with Crippen molar-refractivity contribution in [2.45, 2.75) is 6.92 Å². The summed E-state index contributed by atoms with van der Waals surface area (Å²) in [5.74, 6) is -1.72. The lowest BCUT2D eigenvalue weighted by Gasteiger charge is -2.01. The third-order valence-corrected chi connectivity index (χ3v) is 3.07. The van der Waals surface area contributed by atoms with Crippen LogP contribution in [0.2, 0.25) is 0 Å². The van der Waals surface area contributed by atoms with E-state index >= 15 is 0 Å². The first-order valence-corrected chi connectivity index (χ1v) is 5.32. The van der Waals surface area contributed by atoms with Crippen LogP contribution in [0.5, 0.6) is 0 Å². The zero-order chi connectivity index (χ0) is 11.0. The smallest absolute Gasteiger partial charge is 0.176 e. The molecule has 0 spiro atoms. The minimum absolute atomic E-state index is 0.135. The molecule has 1 aromatic carbocycles. The summed E-state index contributed by atoms with van der Waals surface area (Å²) in [7, 11) is 0. The van der Waals surface area contributed by atoms with Gasteiger partial charge < -0.3 is 0 Å². The Morgan fingerprint density at radius 3 is 2.67 bits per heavy atom. The van der Waals surface area contributed by atoms with E-state index in [-0.39, 0.29) is 11.1 Å². The Labute approximate surface area is 93.6 Å². The van der Waals surface area contributed by atoms with Gasteiger partial charge in [0.05, 0.1) is 5.56 Å². The van der Waals surface area contributed by atoms with Crippen LogP contribution in [0.25, 0.3) is 10.6 Å². The molecule has 1 heterocycles. The van der Waals surface area contributed by atoms with Gasteiger partial charge in [0.25, 0.3) is 0 Å². The Kier molecular flexibility index (Phi) is 2.62. The van der Waals surface area contributed by atoms with Crippen LogP contribution >= 0.6 is 23.6 Å². The number of rotatable bonds is 1. The van der Waals surface area contributed by atoms with E-state index in [0.29, 0.717) is 8.96 Å². The van der Waals surface area contributed by atoms with Crippen LogP contribution in [-0.2, 0) is 0 Å². The minimum atomic E-state index is -0.882. The second-order valence-electron chi connectivity index (χ2n) is 2.98. The predicted octanol–water partition coefficient (Wildman–Crippen LogP) is 3.45. The van der Waals surface area contributed by atoms with Gasteiger partial charge in [0.2, 0.25) is 0 Å². The first-order chi connectivity index (χ1) is 7.09. The molecular weight excluding hydrogens is 238 g/mol. The lowest BCUT2D eigenvalue weighted by atomic mass is 10.1. The highest BCUT2D eigenvalue weighted by atomic mass is 32.1. The molecule has 2 rings (SSSR count). The number of nitrogens with one attached hydrogen (secondary N) is 1. The average Bonchev–Trinajstić information content (AvgIpc) is 2.61. The maximum absolute atomic E-state index is 13.5. The number of aromatic amines is 1. The molecule has 0 saturated carbocycles. The SMILES string of the molecule is Cc1ccc(-c2n[nH]c(=S)s2)c(F)c1F. The first-order valence-electron chi connectivity index (χ1n) is 4.10. The molecule has 78 valence electrons. The van der Waals surface area contributed by atoms with Crippen LogP contribution in [0.15, 0.2) is 12.1 Å². The van der Waals surface area contributed by atoms with Crippen molar-refractivity contribution in [1.29, 1.82) is 0 Å². The average molecular weight is 244 g/mol. The minimum Gasteiger partial charge on any atom is -0.258 e. The maximum Gasteiger partial charge on any atom is 0.176 e. The number of nitrogens with zero attached hydrogens (tertiary/aromatic N) is 1. The van der Waals surface area contributed by atoms with Crippen molar-refractivity contribution in [3.8, 4) is 10.6 Å². The number of aryl methyl sites for hydroxylation is 1. The molecule has 0 aliphatic rings. The maximum atomic E-state index is 13.5. The molecule has 6 heteroatoms. The molecule has 0 atom stereocenters. The summed E-state index contributed by atoms with van der Waals surface area (Å²) in [6, 6.07) is 3.01. The molecule has 0 amide bonds. The van der Waals surface area contributed by atoms with E-state index in [2.05, 4.69) is 10.2 Å². The molecule has 0 saturated heterocycles. The van der Waals surface area contributed by atoms with E-state index in [1.54, 1.807) is 0 Å². The summed E-state index contributed by atoms with van der Waals surface area (Å²) < 4.78 is 27.2. The van der Waals surface area contributed by atoms with E-state index in [9.17, 15) is 8.78 Å². The molecule has 1 N–H and O–H groups in total. The number of benzene rings is 1. The molecule has 0 aliphatic carbocycles.